The molecule has 0 fully saturated rings. The maximum Gasteiger partial charge on any atom is 0.258 e. The average Bonchev–Trinajstić information content (AvgIpc) is 2.59. The van der Waals surface area contributed by atoms with Crippen molar-refractivity contribution in [3.05, 3.63) is 54.3 Å². The molecule has 6 heteroatoms. The van der Waals surface area contributed by atoms with Crippen LogP contribution in [0, 0.1) is 5.82 Å². The summed E-state index contributed by atoms with van der Waals surface area (Å²) in [6.07, 6.45) is -0.276. The lowest BCUT2D eigenvalue weighted by Crippen LogP contribution is -2.42. The van der Waals surface area contributed by atoms with E-state index >= 15 is 0 Å². The van der Waals surface area contributed by atoms with E-state index in [1.165, 1.54) is 12.1 Å². The zero-order valence-electron chi connectivity index (χ0n) is 12.3. The molecule has 23 heavy (non-hydrogen) atoms. The lowest BCUT2D eigenvalue weighted by atomic mass is 10.2. The summed E-state index contributed by atoms with van der Waals surface area (Å²) in [6.45, 7) is 0.379. The third kappa shape index (κ3) is 3.91. The van der Waals surface area contributed by atoms with E-state index in [2.05, 4.69) is 5.32 Å². The molecule has 1 heterocycles. The first-order valence-electron chi connectivity index (χ1n) is 7.25. The van der Waals surface area contributed by atoms with Crippen molar-refractivity contribution in [3.8, 4) is 17.2 Å². The van der Waals surface area contributed by atoms with Gasteiger partial charge in [-0.05, 0) is 24.3 Å². The first-order valence-corrected chi connectivity index (χ1v) is 7.25. The monoisotopic (exact) mass is 317 g/mol. The number of carbonyl (C=O) groups is 1. The van der Waals surface area contributed by atoms with Crippen LogP contribution in [0.1, 0.15) is 0 Å². The number of fused-ring (bicyclic) bond motifs is 1. The number of hydrogen-bond acceptors (Lipinski definition) is 4. The fourth-order valence-corrected chi connectivity index (χ4v) is 2.15. The van der Waals surface area contributed by atoms with Gasteiger partial charge in [-0.25, -0.2) is 4.39 Å². The molecule has 2 aromatic carbocycles. The van der Waals surface area contributed by atoms with Crippen molar-refractivity contribution in [2.24, 2.45) is 0 Å². The third-order valence-corrected chi connectivity index (χ3v) is 3.29. The van der Waals surface area contributed by atoms with E-state index in [0.717, 1.165) is 0 Å². The molecule has 120 valence electrons. The second-order valence-corrected chi connectivity index (χ2v) is 5.02. The van der Waals surface area contributed by atoms with E-state index < -0.39 is 5.82 Å². The highest BCUT2D eigenvalue weighted by atomic mass is 19.1. The van der Waals surface area contributed by atoms with Gasteiger partial charge < -0.3 is 19.5 Å². The molecule has 0 radical (unpaired) electrons. The molecule has 0 bridgehead atoms. The van der Waals surface area contributed by atoms with Crippen molar-refractivity contribution >= 4 is 5.91 Å². The highest BCUT2D eigenvalue weighted by Crippen LogP contribution is 2.30. The number of nitrogens with one attached hydrogen (secondary N) is 1. The molecule has 5 nitrogen and oxygen atoms in total. The van der Waals surface area contributed by atoms with E-state index in [1.54, 1.807) is 12.1 Å². The first kappa shape index (κ1) is 15.1. The largest absolute Gasteiger partial charge is 0.486 e. The fourth-order valence-electron chi connectivity index (χ4n) is 2.15. The lowest BCUT2D eigenvalue weighted by Gasteiger charge is -2.26. The van der Waals surface area contributed by atoms with Crippen molar-refractivity contribution in [1.82, 2.24) is 5.32 Å². The first-order chi connectivity index (χ1) is 11.2. The molecule has 1 aliphatic heterocycles. The summed E-state index contributed by atoms with van der Waals surface area (Å²) in [6, 6.07) is 13.3. The number of ether oxygens (including phenoxy) is 3. The number of amides is 1. The van der Waals surface area contributed by atoms with Gasteiger partial charge in [-0.1, -0.05) is 24.3 Å². The zero-order valence-corrected chi connectivity index (χ0v) is 12.3. The quantitative estimate of drug-likeness (QED) is 0.918. The lowest BCUT2D eigenvalue weighted by molar-refractivity contribution is -0.123. The minimum atomic E-state index is -0.499. The molecule has 3 rings (SSSR count). The van der Waals surface area contributed by atoms with Gasteiger partial charge in [0.2, 0.25) is 0 Å². The van der Waals surface area contributed by atoms with Crippen molar-refractivity contribution in [3.63, 3.8) is 0 Å². The molecule has 2 aromatic rings. The third-order valence-electron chi connectivity index (χ3n) is 3.29. The van der Waals surface area contributed by atoms with Crippen LogP contribution in [-0.2, 0) is 4.79 Å². The molecule has 1 atom stereocenters. The maximum absolute atomic E-state index is 13.4. The molecule has 1 unspecified atom stereocenters. The van der Waals surface area contributed by atoms with Gasteiger partial charge in [0.1, 0.15) is 12.7 Å². The molecule has 0 saturated heterocycles. The van der Waals surface area contributed by atoms with Gasteiger partial charge in [0.05, 0.1) is 6.54 Å². The number of para-hydroxylation sites is 3. The van der Waals surface area contributed by atoms with Gasteiger partial charge in [0.25, 0.3) is 5.91 Å². The molecule has 1 N–H and O–H groups in total. The molecule has 0 saturated carbocycles. The second kappa shape index (κ2) is 7.00. The smallest absolute Gasteiger partial charge is 0.258 e. The highest BCUT2D eigenvalue weighted by Gasteiger charge is 2.21. The normalized spacial score (nSPS) is 15.8. The Morgan fingerprint density at radius 1 is 1.17 bits per heavy atom. The Hall–Kier alpha value is -2.76. The van der Waals surface area contributed by atoms with E-state index in [9.17, 15) is 9.18 Å². The molecular weight excluding hydrogens is 301 g/mol. The summed E-state index contributed by atoms with van der Waals surface area (Å²) in [5.74, 6) is 0.545. The Balaban J connectivity index is 1.44. The predicted octanol–water partition coefficient (Wildman–Crippen LogP) is 2.16. The van der Waals surface area contributed by atoms with Gasteiger partial charge >= 0.3 is 0 Å². The SMILES string of the molecule is O=C(COc1ccccc1F)NCC1COc2ccccc2O1. The molecule has 0 aliphatic carbocycles. The second-order valence-electron chi connectivity index (χ2n) is 5.02. The number of benzene rings is 2. The molecule has 1 aliphatic rings. The summed E-state index contributed by atoms with van der Waals surface area (Å²) >= 11 is 0. The number of rotatable bonds is 5. The summed E-state index contributed by atoms with van der Waals surface area (Å²) in [4.78, 5) is 11.8. The van der Waals surface area contributed by atoms with E-state index in [-0.39, 0.29) is 30.9 Å². The minimum absolute atomic E-state index is 0.0498. The summed E-state index contributed by atoms with van der Waals surface area (Å²) in [5, 5.41) is 2.68. The van der Waals surface area contributed by atoms with E-state index in [0.29, 0.717) is 18.1 Å². The summed E-state index contributed by atoms with van der Waals surface area (Å²) in [7, 11) is 0. The molecule has 0 spiro atoms. The maximum atomic E-state index is 13.4. The van der Waals surface area contributed by atoms with Crippen molar-refractivity contribution < 1.29 is 23.4 Å². The van der Waals surface area contributed by atoms with Crippen LogP contribution in [0.5, 0.6) is 17.2 Å². The Bertz CT molecular complexity index is 692. The predicted molar refractivity (Wildman–Crippen MR) is 81.3 cm³/mol. The number of hydrogen-bond donors (Lipinski definition) is 1. The van der Waals surface area contributed by atoms with Crippen molar-refractivity contribution in [2.45, 2.75) is 6.10 Å². The Morgan fingerprint density at radius 3 is 2.74 bits per heavy atom. The van der Waals surface area contributed by atoms with Crippen LogP contribution in [0.2, 0.25) is 0 Å². The molecule has 0 aromatic heterocycles. The van der Waals surface area contributed by atoms with Crippen LogP contribution >= 0.6 is 0 Å². The van der Waals surface area contributed by atoms with Gasteiger partial charge in [0, 0.05) is 0 Å². The summed E-state index contributed by atoms with van der Waals surface area (Å²) < 4.78 is 29.8. The van der Waals surface area contributed by atoms with Crippen LogP contribution < -0.4 is 19.5 Å². The van der Waals surface area contributed by atoms with Gasteiger partial charge in [-0.15, -0.1) is 0 Å². The van der Waals surface area contributed by atoms with Crippen LogP contribution in [0.4, 0.5) is 4.39 Å². The Labute approximate surface area is 133 Å². The minimum Gasteiger partial charge on any atom is -0.486 e. The average molecular weight is 317 g/mol. The molecule has 1 amide bonds. The topological polar surface area (TPSA) is 56.8 Å². The van der Waals surface area contributed by atoms with Crippen LogP contribution in [-0.4, -0.2) is 31.8 Å². The van der Waals surface area contributed by atoms with Gasteiger partial charge in [0.15, 0.2) is 29.7 Å². The Kier molecular flexibility index (Phi) is 4.61. The zero-order chi connectivity index (χ0) is 16.1. The van der Waals surface area contributed by atoms with Crippen LogP contribution in [0.25, 0.3) is 0 Å². The van der Waals surface area contributed by atoms with Crippen molar-refractivity contribution in [1.29, 1.82) is 0 Å². The van der Waals surface area contributed by atoms with Crippen LogP contribution in [0.3, 0.4) is 0 Å². The van der Waals surface area contributed by atoms with Gasteiger partial charge in [-0.3, -0.25) is 4.79 Å². The number of halogens is 1. The van der Waals surface area contributed by atoms with Crippen LogP contribution in [0.15, 0.2) is 48.5 Å². The summed E-state index contributed by atoms with van der Waals surface area (Å²) in [5.41, 5.74) is 0. The fraction of sp³-hybridized carbons (Fsp3) is 0.235. The van der Waals surface area contributed by atoms with Gasteiger partial charge in [-0.2, -0.15) is 0 Å². The highest BCUT2D eigenvalue weighted by molar-refractivity contribution is 5.77. The standard InChI is InChI=1S/C17H16FNO4/c18-13-5-1-2-6-14(13)22-11-17(20)19-9-12-10-21-15-7-3-4-8-16(15)23-12/h1-8,12H,9-11H2,(H,19,20). The Morgan fingerprint density at radius 2 is 1.91 bits per heavy atom. The van der Waals surface area contributed by atoms with Crippen molar-refractivity contribution in [2.75, 3.05) is 19.8 Å². The van der Waals surface area contributed by atoms with E-state index in [1.807, 2.05) is 24.3 Å². The molecular formula is C17H16FNO4. The van der Waals surface area contributed by atoms with E-state index in [4.69, 9.17) is 14.2 Å². The number of carbonyl (C=O) groups excluding carboxylic acids is 1.